The molecule has 0 radical (unpaired) electrons. The average molecular weight is 357 g/mol. The van der Waals surface area contributed by atoms with Gasteiger partial charge in [-0.1, -0.05) is 89.6 Å². The number of phenolic OH excluding ortho intramolecular Hbond substituents is 1. The maximum Gasteiger partial charge on any atom is 0.123 e. The highest BCUT2D eigenvalue weighted by atomic mass is 16.3. The van der Waals surface area contributed by atoms with E-state index < -0.39 is 5.60 Å². The number of aryl methyl sites for hydroxylation is 1. The van der Waals surface area contributed by atoms with Gasteiger partial charge in [0.1, 0.15) is 5.75 Å². The fourth-order valence-corrected chi connectivity index (χ4v) is 2.78. The Morgan fingerprint density at radius 1 is 0.692 bits per heavy atom. The van der Waals surface area contributed by atoms with Crippen molar-refractivity contribution in [3.63, 3.8) is 0 Å². The van der Waals surface area contributed by atoms with Crippen LogP contribution in [-0.4, -0.2) is 10.2 Å². The van der Waals surface area contributed by atoms with Crippen molar-refractivity contribution < 1.29 is 10.2 Å². The molecule has 0 spiro atoms. The number of aliphatic hydroxyl groups is 1. The minimum absolute atomic E-state index is 0.00859. The molecule has 2 nitrogen and oxygen atoms in total. The summed E-state index contributed by atoms with van der Waals surface area (Å²) in [5, 5.41) is 19.9. The molecule has 2 aromatic carbocycles. The molecule has 0 aliphatic carbocycles. The number of benzene rings is 2. The molecule has 2 N–H and O–H groups in total. The minimum atomic E-state index is -0.716. The molecule has 0 saturated heterocycles. The first kappa shape index (κ1) is 22.2. The maximum atomic E-state index is 10.3. The zero-order valence-corrected chi connectivity index (χ0v) is 17.9. The summed E-state index contributed by atoms with van der Waals surface area (Å²) in [6.45, 7) is 18.3. The van der Waals surface area contributed by atoms with Gasteiger partial charge in [-0.3, -0.25) is 0 Å². The van der Waals surface area contributed by atoms with Crippen LogP contribution in [0.5, 0.6) is 5.75 Å². The number of hydrogen-bond acceptors (Lipinski definition) is 2. The van der Waals surface area contributed by atoms with E-state index in [1.165, 1.54) is 5.56 Å². The van der Waals surface area contributed by atoms with Crippen LogP contribution in [0.15, 0.2) is 42.5 Å². The van der Waals surface area contributed by atoms with Crippen molar-refractivity contribution in [3.05, 3.63) is 64.7 Å². The van der Waals surface area contributed by atoms with Crippen LogP contribution < -0.4 is 0 Å². The van der Waals surface area contributed by atoms with Crippen molar-refractivity contribution in [2.24, 2.45) is 0 Å². The van der Waals surface area contributed by atoms with Crippen LogP contribution in [0.3, 0.4) is 0 Å². The molecule has 144 valence electrons. The molecule has 0 saturated carbocycles. The van der Waals surface area contributed by atoms with E-state index in [0.717, 1.165) is 16.7 Å². The molecule has 2 heteroatoms. The predicted molar refractivity (Wildman–Crippen MR) is 112 cm³/mol. The molecule has 0 fully saturated rings. The van der Waals surface area contributed by atoms with E-state index in [4.69, 9.17) is 0 Å². The van der Waals surface area contributed by atoms with Gasteiger partial charge in [0, 0.05) is 0 Å². The quantitative estimate of drug-likeness (QED) is 0.637. The molecule has 0 bridgehead atoms. The molecule has 0 aliphatic rings. The summed E-state index contributed by atoms with van der Waals surface area (Å²) in [6, 6.07) is 14.0. The monoisotopic (exact) mass is 356 g/mol. The van der Waals surface area contributed by atoms with Crippen LogP contribution >= 0.6 is 0 Å². The third kappa shape index (κ3) is 6.17. The molecular weight excluding hydrogens is 320 g/mol. The number of hydrogen-bond donors (Lipinski definition) is 2. The van der Waals surface area contributed by atoms with Gasteiger partial charge in [-0.25, -0.2) is 0 Å². The van der Waals surface area contributed by atoms with Gasteiger partial charge >= 0.3 is 0 Å². The first-order valence-corrected chi connectivity index (χ1v) is 9.26. The van der Waals surface area contributed by atoms with E-state index in [1.807, 2.05) is 49.4 Å². The standard InChI is InChI=1S/C14H22O.C10H14O/c1-13(2,3)10-8-7-9-11(12(10)15)14(4,5)6;1-8-5-4-6-9(7-8)10(2,3)11/h7-9,15H,1-6H3;4-7,11H,1-3H3. The molecule has 26 heavy (non-hydrogen) atoms. The molecule has 0 amide bonds. The smallest absolute Gasteiger partial charge is 0.123 e. The van der Waals surface area contributed by atoms with Crippen LogP contribution in [-0.2, 0) is 16.4 Å². The Kier molecular flexibility index (Phi) is 6.70. The molecule has 0 unspecified atom stereocenters. The average Bonchev–Trinajstić information content (AvgIpc) is 2.44. The molecule has 0 heterocycles. The second-order valence-corrected chi connectivity index (χ2v) is 9.63. The van der Waals surface area contributed by atoms with Gasteiger partial charge in [0.05, 0.1) is 5.60 Å². The Bertz CT molecular complexity index is 691. The van der Waals surface area contributed by atoms with E-state index in [9.17, 15) is 10.2 Å². The van der Waals surface area contributed by atoms with Crippen LogP contribution in [0.25, 0.3) is 0 Å². The van der Waals surface area contributed by atoms with Crippen molar-refractivity contribution in [3.8, 4) is 5.75 Å². The summed E-state index contributed by atoms with van der Waals surface area (Å²) in [7, 11) is 0. The van der Waals surface area contributed by atoms with Crippen LogP contribution in [0.1, 0.15) is 77.6 Å². The highest BCUT2D eigenvalue weighted by Gasteiger charge is 2.24. The molecule has 2 aromatic rings. The van der Waals surface area contributed by atoms with Crippen molar-refractivity contribution in [1.29, 1.82) is 0 Å². The Labute approximate surface area is 159 Å². The minimum Gasteiger partial charge on any atom is -0.507 e. The molecule has 0 aliphatic heterocycles. The van der Waals surface area contributed by atoms with Crippen LogP contribution in [0.2, 0.25) is 0 Å². The van der Waals surface area contributed by atoms with Crippen LogP contribution in [0, 0.1) is 6.92 Å². The zero-order chi connectivity index (χ0) is 20.3. The van der Waals surface area contributed by atoms with Gasteiger partial charge in [0.25, 0.3) is 0 Å². The van der Waals surface area contributed by atoms with Gasteiger partial charge in [-0.05, 0) is 48.3 Å². The Balaban J connectivity index is 0.000000273. The Morgan fingerprint density at radius 3 is 1.42 bits per heavy atom. The lowest BCUT2D eigenvalue weighted by Crippen LogP contribution is -2.16. The third-order valence-corrected chi connectivity index (χ3v) is 4.38. The fraction of sp³-hybridized carbons (Fsp3) is 0.500. The number of phenols is 1. The van der Waals surface area contributed by atoms with Gasteiger partial charge in [-0.15, -0.1) is 0 Å². The highest BCUT2D eigenvalue weighted by Crippen LogP contribution is 2.38. The summed E-state index contributed by atoms with van der Waals surface area (Å²) in [6.07, 6.45) is 0. The first-order chi connectivity index (χ1) is 11.6. The highest BCUT2D eigenvalue weighted by molar-refractivity contribution is 5.46. The number of rotatable bonds is 1. The van der Waals surface area contributed by atoms with Gasteiger partial charge in [0.2, 0.25) is 0 Å². The van der Waals surface area contributed by atoms with Crippen molar-refractivity contribution in [1.82, 2.24) is 0 Å². The van der Waals surface area contributed by atoms with Crippen LogP contribution in [0.4, 0.5) is 0 Å². The number of aromatic hydroxyl groups is 1. The summed E-state index contributed by atoms with van der Waals surface area (Å²) in [5.74, 6) is 0.456. The summed E-state index contributed by atoms with van der Waals surface area (Å²) in [4.78, 5) is 0. The van der Waals surface area contributed by atoms with E-state index in [1.54, 1.807) is 13.8 Å². The predicted octanol–water partition coefficient (Wildman–Crippen LogP) is 6.21. The molecule has 2 rings (SSSR count). The maximum absolute atomic E-state index is 10.3. The lowest BCUT2D eigenvalue weighted by Gasteiger charge is -2.26. The Morgan fingerprint density at radius 2 is 1.12 bits per heavy atom. The van der Waals surface area contributed by atoms with E-state index >= 15 is 0 Å². The lowest BCUT2D eigenvalue weighted by molar-refractivity contribution is 0.0785. The largest absolute Gasteiger partial charge is 0.507 e. The topological polar surface area (TPSA) is 40.5 Å². The van der Waals surface area contributed by atoms with E-state index in [2.05, 4.69) is 41.5 Å². The first-order valence-electron chi connectivity index (χ1n) is 9.26. The SMILES string of the molecule is CC(C)(C)c1cccc(C(C)(C)C)c1O.Cc1cccc(C(C)(C)O)c1. The van der Waals surface area contributed by atoms with E-state index in [0.29, 0.717) is 5.75 Å². The summed E-state index contributed by atoms with van der Waals surface area (Å²) >= 11 is 0. The van der Waals surface area contributed by atoms with Crippen molar-refractivity contribution in [2.45, 2.75) is 78.7 Å². The molecule has 0 atom stereocenters. The lowest BCUT2D eigenvalue weighted by atomic mass is 9.80. The van der Waals surface area contributed by atoms with Crippen molar-refractivity contribution in [2.75, 3.05) is 0 Å². The van der Waals surface area contributed by atoms with Gasteiger partial charge in [-0.2, -0.15) is 0 Å². The second kappa shape index (κ2) is 7.84. The third-order valence-electron chi connectivity index (χ3n) is 4.38. The fourth-order valence-electron chi connectivity index (χ4n) is 2.78. The second-order valence-electron chi connectivity index (χ2n) is 9.63. The van der Waals surface area contributed by atoms with Gasteiger partial charge < -0.3 is 10.2 Å². The van der Waals surface area contributed by atoms with E-state index in [-0.39, 0.29) is 10.8 Å². The summed E-state index contributed by atoms with van der Waals surface area (Å²) < 4.78 is 0. The van der Waals surface area contributed by atoms with Gasteiger partial charge in [0.15, 0.2) is 0 Å². The summed E-state index contributed by atoms with van der Waals surface area (Å²) in [5.41, 5.74) is 3.47. The van der Waals surface area contributed by atoms with Crippen molar-refractivity contribution >= 4 is 0 Å². The normalized spacial score (nSPS) is 12.4. The number of para-hydroxylation sites is 1. The zero-order valence-electron chi connectivity index (χ0n) is 17.9. The molecular formula is C24H36O2. The Hall–Kier alpha value is -1.80. The molecule has 0 aromatic heterocycles.